The Morgan fingerprint density at radius 3 is 2.30 bits per heavy atom. The number of hydrogen-bond acceptors (Lipinski definition) is 4. The molecule has 1 N–H and O–H groups in total. The Labute approximate surface area is 178 Å². The maximum atomic E-state index is 13.3. The van der Waals surface area contributed by atoms with Crippen LogP contribution in [0.15, 0.2) is 94.9 Å². The number of carbonyl (C=O) groups excluding carboxylic acids is 1. The van der Waals surface area contributed by atoms with E-state index in [1.165, 1.54) is 11.8 Å². The summed E-state index contributed by atoms with van der Waals surface area (Å²) >= 11 is 1.31. The van der Waals surface area contributed by atoms with Gasteiger partial charge in [0, 0.05) is 5.69 Å². The second-order valence-electron chi connectivity index (χ2n) is 6.76. The molecule has 4 rings (SSSR count). The molecule has 0 aliphatic heterocycles. The highest BCUT2D eigenvalue weighted by Gasteiger charge is 2.22. The lowest BCUT2D eigenvalue weighted by atomic mass is 10.2. The minimum Gasteiger partial charge on any atom is -0.325 e. The van der Waals surface area contributed by atoms with E-state index in [-0.39, 0.29) is 11.5 Å². The fraction of sp³-hybridized carbons (Fsp3) is 0.125. The first kappa shape index (κ1) is 19.9. The van der Waals surface area contributed by atoms with Crippen molar-refractivity contribution < 1.29 is 4.79 Å². The number of para-hydroxylation sites is 3. The lowest BCUT2D eigenvalue weighted by Gasteiger charge is -2.18. The van der Waals surface area contributed by atoms with Gasteiger partial charge in [-0.3, -0.25) is 14.2 Å². The quantitative estimate of drug-likeness (QED) is 0.360. The van der Waals surface area contributed by atoms with Gasteiger partial charge < -0.3 is 5.32 Å². The number of anilines is 1. The molecule has 3 aromatic carbocycles. The third kappa shape index (κ3) is 4.14. The average Bonchev–Trinajstić information content (AvgIpc) is 2.79. The van der Waals surface area contributed by atoms with Crippen molar-refractivity contribution in [3.63, 3.8) is 0 Å². The summed E-state index contributed by atoms with van der Waals surface area (Å²) in [5.41, 5.74) is 1.94. The van der Waals surface area contributed by atoms with Crippen LogP contribution in [0.2, 0.25) is 0 Å². The number of amides is 1. The molecule has 0 spiro atoms. The fourth-order valence-electron chi connectivity index (χ4n) is 3.19. The first-order valence-corrected chi connectivity index (χ1v) is 10.6. The van der Waals surface area contributed by atoms with Gasteiger partial charge in [-0.1, -0.05) is 67.2 Å². The maximum Gasteiger partial charge on any atom is 0.266 e. The summed E-state index contributed by atoms with van der Waals surface area (Å²) in [6, 6.07) is 26.0. The molecule has 5 nitrogen and oxygen atoms in total. The molecule has 1 aromatic heterocycles. The van der Waals surface area contributed by atoms with Gasteiger partial charge >= 0.3 is 0 Å². The minimum atomic E-state index is -0.395. The van der Waals surface area contributed by atoms with Gasteiger partial charge in [0.15, 0.2) is 5.16 Å². The number of nitrogens with zero attached hydrogens (tertiary/aromatic N) is 2. The lowest BCUT2D eigenvalue weighted by Crippen LogP contribution is -2.27. The second-order valence-corrected chi connectivity index (χ2v) is 7.93. The van der Waals surface area contributed by atoms with Gasteiger partial charge in [0.1, 0.15) is 0 Å². The van der Waals surface area contributed by atoms with Crippen molar-refractivity contribution >= 4 is 34.3 Å². The molecule has 0 fully saturated rings. The zero-order valence-corrected chi connectivity index (χ0v) is 17.3. The number of nitrogens with one attached hydrogen (secondary N) is 1. The summed E-state index contributed by atoms with van der Waals surface area (Å²) in [4.78, 5) is 30.9. The number of benzene rings is 3. The number of aromatic nitrogens is 2. The predicted octanol–water partition coefficient (Wildman–Crippen LogP) is 4.90. The van der Waals surface area contributed by atoms with E-state index in [0.29, 0.717) is 22.5 Å². The van der Waals surface area contributed by atoms with E-state index >= 15 is 0 Å². The Balaban J connectivity index is 1.75. The zero-order chi connectivity index (χ0) is 20.9. The first-order chi connectivity index (χ1) is 14.7. The molecule has 0 radical (unpaired) electrons. The van der Waals surface area contributed by atoms with Gasteiger partial charge in [-0.15, -0.1) is 0 Å². The summed E-state index contributed by atoms with van der Waals surface area (Å²) in [6.07, 6.45) is 0.598. The highest BCUT2D eigenvalue weighted by molar-refractivity contribution is 8.00. The second kappa shape index (κ2) is 8.97. The van der Waals surface area contributed by atoms with Crippen molar-refractivity contribution in [2.24, 2.45) is 0 Å². The zero-order valence-electron chi connectivity index (χ0n) is 16.5. The van der Waals surface area contributed by atoms with Crippen molar-refractivity contribution in [2.45, 2.75) is 23.8 Å². The standard InChI is InChI=1S/C24H21N3O2S/c1-2-21(22(28)25-17-11-5-3-6-12-17)30-24-26-20-16-10-9-15-19(20)23(29)27(24)18-13-7-4-8-14-18/h3-16,21H,2H2,1H3,(H,25,28). The Bertz CT molecular complexity index is 1220. The molecule has 0 saturated carbocycles. The van der Waals surface area contributed by atoms with Crippen LogP contribution in [0.25, 0.3) is 16.6 Å². The Kier molecular flexibility index (Phi) is 5.95. The van der Waals surface area contributed by atoms with Crippen molar-refractivity contribution in [1.82, 2.24) is 9.55 Å². The highest BCUT2D eigenvalue weighted by Crippen LogP contribution is 2.27. The monoisotopic (exact) mass is 415 g/mol. The summed E-state index contributed by atoms with van der Waals surface area (Å²) in [6.45, 7) is 1.95. The van der Waals surface area contributed by atoms with Crippen LogP contribution in [0.3, 0.4) is 0 Å². The van der Waals surface area contributed by atoms with Crippen LogP contribution in [0, 0.1) is 0 Å². The normalized spacial score (nSPS) is 11.9. The van der Waals surface area contributed by atoms with Gasteiger partial charge in [0.05, 0.1) is 21.8 Å². The predicted molar refractivity (Wildman–Crippen MR) is 122 cm³/mol. The van der Waals surface area contributed by atoms with Crippen LogP contribution in [-0.2, 0) is 4.79 Å². The molecular weight excluding hydrogens is 394 g/mol. The van der Waals surface area contributed by atoms with E-state index in [2.05, 4.69) is 5.32 Å². The molecule has 1 unspecified atom stereocenters. The first-order valence-electron chi connectivity index (χ1n) is 9.77. The Morgan fingerprint density at radius 1 is 0.967 bits per heavy atom. The highest BCUT2D eigenvalue weighted by atomic mass is 32.2. The SMILES string of the molecule is CCC(Sc1nc2ccccc2c(=O)n1-c1ccccc1)C(=O)Nc1ccccc1. The van der Waals surface area contributed by atoms with Crippen molar-refractivity contribution in [2.75, 3.05) is 5.32 Å². The molecule has 1 atom stereocenters. The minimum absolute atomic E-state index is 0.115. The molecule has 30 heavy (non-hydrogen) atoms. The lowest BCUT2D eigenvalue weighted by molar-refractivity contribution is -0.115. The Morgan fingerprint density at radius 2 is 1.60 bits per heavy atom. The smallest absolute Gasteiger partial charge is 0.266 e. The topological polar surface area (TPSA) is 64.0 Å². The summed E-state index contributed by atoms with van der Waals surface area (Å²) in [5, 5.41) is 3.60. The third-order valence-electron chi connectivity index (χ3n) is 4.71. The van der Waals surface area contributed by atoms with Crippen LogP contribution in [0.1, 0.15) is 13.3 Å². The fourth-order valence-corrected chi connectivity index (χ4v) is 4.22. The van der Waals surface area contributed by atoms with E-state index in [1.807, 2.05) is 85.8 Å². The van der Waals surface area contributed by atoms with Crippen molar-refractivity contribution in [3.05, 3.63) is 95.3 Å². The van der Waals surface area contributed by atoms with E-state index in [9.17, 15) is 9.59 Å². The van der Waals surface area contributed by atoms with Gasteiger partial charge in [-0.05, 0) is 42.8 Å². The van der Waals surface area contributed by atoms with E-state index in [0.717, 1.165) is 11.4 Å². The number of carbonyl (C=O) groups is 1. The van der Waals surface area contributed by atoms with Crippen molar-refractivity contribution in [3.8, 4) is 5.69 Å². The van der Waals surface area contributed by atoms with Crippen LogP contribution in [0.4, 0.5) is 5.69 Å². The maximum absolute atomic E-state index is 13.3. The molecule has 0 aliphatic carbocycles. The molecule has 4 aromatic rings. The molecule has 150 valence electrons. The van der Waals surface area contributed by atoms with Gasteiger partial charge in [-0.2, -0.15) is 0 Å². The van der Waals surface area contributed by atoms with Gasteiger partial charge in [-0.25, -0.2) is 4.98 Å². The number of rotatable bonds is 6. The molecule has 0 aliphatic rings. The average molecular weight is 416 g/mol. The molecule has 1 amide bonds. The number of hydrogen-bond donors (Lipinski definition) is 1. The molecule has 0 bridgehead atoms. The summed E-state index contributed by atoms with van der Waals surface area (Å²) in [5.74, 6) is -0.115. The Hall–Kier alpha value is -3.38. The van der Waals surface area contributed by atoms with E-state index < -0.39 is 5.25 Å². The molecule has 1 heterocycles. The molecular formula is C24H21N3O2S. The van der Waals surface area contributed by atoms with E-state index in [4.69, 9.17) is 4.98 Å². The van der Waals surface area contributed by atoms with Crippen LogP contribution in [0.5, 0.6) is 0 Å². The van der Waals surface area contributed by atoms with Crippen LogP contribution < -0.4 is 10.9 Å². The van der Waals surface area contributed by atoms with Gasteiger partial charge in [0.2, 0.25) is 5.91 Å². The largest absolute Gasteiger partial charge is 0.325 e. The summed E-state index contributed by atoms with van der Waals surface area (Å²) < 4.78 is 1.59. The van der Waals surface area contributed by atoms with Crippen molar-refractivity contribution in [1.29, 1.82) is 0 Å². The van der Waals surface area contributed by atoms with Crippen LogP contribution >= 0.6 is 11.8 Å². The third-order valence-corrected chi connectivity index (χ3v) is 6.03. The molecule has 6 heteroatoms. The summed E-state index contributed by atoms with van der Waals surface area (Å²) in [7, 11) is 0. The van der Waals surface area contributed by atoms with Gasteiger partial charge in [0.25, 0.3) is 5.56 Å². The number of thioether (sulfide) groups is 1. The number of fused-ring (bicyclic) bond motifs is 1. The molecule has 0 saturated heterocycles. The van der Waals surface area contributed by atoms with E-state index in [1.54, 1.807) is 10.6 Å². The van der Waals surface area contributed by atoms with Crippen LogP contribution in [-0.4, -0.2) is 20.7 Å².